The highest BCUT2D eigenvalue weighted by Gasteiger charge is 2.11. The predicted molar refractivity (Wildman–Crippen MR) is 88.6 cm³/mol. The van der Waals surface area contributed by atoms with Gasteiger partial charge in [-0.2, -0.15) is 0 Å². The molecule has 0 amide bonds. The van der Waals surface area contributed by atoms with E-state index in [2.05, 4.69) is 22.2 Å². The summed E-state index contributed by atoms with van der Waals surface area (Å²) in [4.78, 5) is 11.6. The molecule has 3 rings (SSSR count). The molecule has 0 aliphatic heterocycles. The van der Waals surface area contributed by atoms with Gasteiger partial charge in [0, 0.05) is 11.5 Å². The Kier molecular flexibility index (Phi) is 5.52. The highest BCUT2D eigenvalue weighted by molar-refractivity contribution is 5.89. The second kappa shape index (κ2) is 8.19. The molecule has 0 unspecified atom stereocenters. The lowest BCUT2D eigenvalue weighted by Crippen LogP contribution is -2.03. The zero-order valence-corrected chi connectivity index (χ0v) is 13.8. The molecule has 0 spiro atoms. The van der Waals surface area contributed by atoms with Gasteiger partial charge in [0.1, 0.15) is 12.3 Å². The standard InChI is InChI=1S/C19H12F3N3O2/c20-16-8-14(9-17(21)19(16)22)10-25-11-15(23-24-25)12-27-18(26)7-6-13-4-2-1-3-5-13/h1-5,8-9,11H,10,12H2. The Morgan fingerprint density at radius 2 is 1.81 bits per heavy atom. The van der Waals surface area contributed by atoms with E-state index in [-0.39, 0.29) is 18.7 Å². The van der Waals surface area contributed by atoms with E-state index in [0.717, 1.165) is 12.1 Å². The Balaban J connectivity index is 1.57. The van der Waals surface area contributed by atoms with E-state index in [4.69, 9.17) is 4.74 Å². The maximum Gasteiger partial charge on any atom is 0.385 e. The lowest BCUT2D eigenvalue weighted by molar-refractivity contribution is -0.138. The normalized spacial score (nSPS) is 10.2. The van der Waals surface area contributed by atoms with Crippen molar-refractivity contribution in [2.75, 3.05) is 0 Å². The maximum absolute atomic E-state index is 13.2. The summed E-state index contributed by atoms with van der Waals surface area (Å²) in [7, 11) is 0. The molecule has 3 aromatic rings. The Hall–Kier alpha value is -3.60. The SMILES string of the molecule is O=C(C#Cc1ccccc1)OCc1cn(Cc2cc(F)c(F)c(F)c2)nn1. The molecule has 0 atom stereocenters. The van der Waals surface area contributed by atoms with Crippen LogP contribution in [-0.2, 0) is 22.7 Å². The highest BCUT2D eigenvalue weighted by Crippen LogP contribution is 2.14. The van der Waals surface area contributed by atoms with Gasteiger partial charge in [-0.15, -0.1) is 5.10 Å². The van der Waals surface area contributed by atoms with Gasteiger partial charge in [0.2, 0.25) is 0 Å². The van der Waals surface area contributed by atoms with E-state index < -0.39 is 23.4 Å². The maximum atomic E-state index is 13.2. The summed E-state index contributed by atoms with van der Waals surface area (Å²) < 4.78 is 45.7. The molecule has 0 bridgehead atoms. The van der Waals surface area contributed by atoms with Crippen LogP contribution < -0.4 is 0 Å². The first-order valence-electron chi connectivity index (χ1n) is 7.77. The van der Waals surface area contributed by atoms with Gasteiger partial charge in [-0.3, -0.25) is 0 Å². The van der Waals surface area contributed by atoms with Crippen molar-refractivity contribution in [3.63, 3.8) is 0 Å². The Morgan fingerprint density at radius 3 is 2.52 bits per heavy atom. The second-order valence-electron chi connectivity index (χ2n) is 5.47. The number of esters is 1. The van der Waals surface area contributed by atoms with Crippen molar-refractivity contribution in [1.29, 1.82) is 0 Å². The van der Waals surface area contributed by atoms with Crippen molar-refractivity contribution in [3.8, 4) is 11.8 Å². The Labute approximate surface area is 152 Å². The third kappa shape index (κ3) is 4.95. The quantitative estimate of drug-likeness (QED) is 0.402. The fourth-order valence-corrected chi connectivity index (χ4v) is 2.19. The van der Waals surface area contributed by atoms with Crippen molar-refractivity contribution in [2.24, 2.45) is 0 Å². The molecule has 2 aromatic carbocycles. The van der Waals surface area contributed by atoms with E-state index in [0.29, 0.717) is 11.3 Å². The smallest absolute Gasteiger partial charge is 0.385 e. The van der Waals surface area contributed by atoms with Gasteiger partial charge < -0.3 is 4.74 Å². The van der Waals surface area contributed by atoms with Gasteiger partial charge in [-0.25, -0.2) is 22.6 Å². The van der Waals surface area contributed by atoms with Crippen LogP contribution in [0, 0.1) is 29.3 Å². The Bertz CT molecular complexity index is 1000. The number of halogens is 3. The first kappa shape index (κ1) is 18.2. The van der Waals surface area contributed by atoms with Crippen LogP contribution in [-0.4, -0.2) is 21.0 Å². The topological polar surface area (TPSA) is 57.0 Å². The minimum atomic E-state index is -1.53. The number of carbonyl (C=O) groups is 1. The van der Waals surface area contributed by atoms with Crippen LogP contribution >= 0.6 is 0 Å². The molecule has 136 valence electrons. The van der Waals surface area contributed by atoms with Crippen LogP contribution in [0.5, 0.6) is 0 Å². The van der Waals surface area contributed by atoms with E-state index >= 15 is 0 Å². The van der Waals surface area contributed by atoms with Gasteiger partial charge in [-0.1, -0.05) is 29.3 Å². The van der Waals surface area contributed by atoms with Crippen LogP contribution in [0.4, 0.5) is 13.2 Å². The van der Waals surface area contributed by atoms with Crippen molar-refractivity contribution < 1.29 is 22.7 Å². The molecule has 0 aliphatic rings. The van der Waals surface area contributed by atoms with Crippen molar-refractivity contribution in [2.45, 2.75) is 13.2 Å². The molecule has 0 saturated carbocycles. The third-order valence-corrected chi connectivity index (χ3v) is 3.41. The summed E-state index contributed by atoms with van der Waals surface area (Å²) in [5.74, 6) is 0.200. The largest absolute Gasteiger partial charge is 0.449 e. The summed E-state index contributed by atoms with van der Waals surface area (Å²) in [6.45, 7) is -0.183. The predicted octanol–water partition coefficient (Wildman–Crippen LogP) is 2.84. The molecular formula is C19H12F3N3O2. The number of ether oxygens (including phenoxy) is 1. The number of nitrogens with zero attached hydrogens (tertiary/aromatic N) is 3. The fraction of sp³-hybridized carbons (Fsp3) is 0.105. The molecule has 5 nitrogen and oxygen atoms in total. The first-order chi connectivity index (χ1) is 13.0. The summed E-state index contributed by atoms with van der Waals surface area (Å²) >= 11 is 0. The zero-order chi connectivity index (χ0) is 19.2. The number of carbonyl (C=O) groups excluding carboxylic acids is 1. The fourth-order valence-electron chi connectivity index (χ4n) is 2.19. The van der Waals surface area contributed by atoms with Gasteiger partial charge >= 0.3 is 5.97 Å². The monoisotopic (exact) mass is 371 g/mol. The van der Waals surface area contributed by atoms with Gasteiger partial charge in [-0.05, 0) is 29.8 Å². The molecule has 1 aromatic heterocycles. The van der Waals surface area contributed by atoms with Crippen LogP contribution in [0.2, 0.25) is 0 Å². The summed E-state index contributed by atoms with van der Waals surface area (Å²) in [5.41, 5.74) is 1.18. The van der Waals surface area contributed by atoms with Gasteiger partial charge in [0.05, 0.1) is 12.7 Å². The van der Waals surface area contributed by atoms with Gasteiger partial charge in [0.15, 0.2) is 17.5 Å². The lowest BCUT2D eigenvalue weighted by Gasteiger charge is -2.03. The van der Waals surface area contributed by atoms with Crippen molar-refractivity contribution in [1.82, 2.24) is 15.0 Å². The van der Waals surface area contributed by atoms with Crippen LogP contribution in [0.3, 0.4) is 0 Å². The Morgan fingerprint density at radius 1 is 1.11 bits per heavy atom. The molecule has 0 N–H and O–H groups in total. The van der Waals surface area contributed by atoms with Crippen molar-refractivity contribution in [3.05, 3.63) is 82.9 Å². The molecule has 0 fully saturated rings. The third-order valence-electron chi connectivity index (χ3n) is 3.41. The van der Waals surface area contributed by atoms with E-state index in [1.54, 1.807) is 24.3 Å². The molecule has 0 radical (unpaired) electrons. The highest BCUT2D eigenvalue weighted by atomic mass is 19.2. The first-order valence-corrected chi connectivity index (χ1v) is 7.77. The van der Waals surface area contributed by atoms with Gasteiger partial charge in [0.25, 0.3) is 0 Å². The second-order valence-corrected chi connectivity index (χ2v) is 5.47. The summed E-state index contributed by atoms with van der Waals surface area (Å²) in [6.07, 6.45) is 1.44. The average molecular weight is 371 g/mol. The molecule has 8 heteroatoms. The summed E-state index contributed by atoms with van der Waals surface area (Å²) in [6, 6.07) is 10.7. The van der Waals surface area contributed by atoms with Crippen LogP contribution in [0.25, 0.3) is 0 Å². The van der Waals surface area contributed by atoms with Crippen LogP contribution in [0.1, 0.15) is 16.8 Å². The minimum absolute atomic E-state index is 0.0249. The number of rotatable bonds is 4. The molecular weight excluding hydrogens is 359 g/mol. The molecule has 27 heavy (non-hydrogen) atoms. The lowest BCUT2D eigenvalue weighted by atomic mass is 10.2. The average Bonchev–Trinajstić information content (AvgIpc) is 3.11. The zero-order valence-electron chi connectivity index (χ0n) is 13.8. The van der Waals surface area contributed by atoms with Crippen molar-refractivity contribution >= 4 is 5.97 Å². The van der Waals surface area contributed by atoms with E-state index in [1.807, 2.05) is 6.07 Å². The molecule has 0 saturated heterocycles. The van der Waals surface area contributed by atoms with E-state index in [1.165, 1.54) is 10.9 Å². The molecule has 0 aliphatic carbocycles. The number of aromatic nitrogens is 3. The summed E-state index contributed by atoms with van der Waals surface area (Å²) in [5, 5.41) is 7.56. The van der Waals surface area contributed by atoms with Crippen LogP contribution in [0.15, 0.2) is 48.7 Å². The van der Waals surface area contributed by atoms with E-state index in [9.17, 15) is 18.0 Å². The number of hydrogen-bond donors (Lipinski definition) is 0. The minimum Gasteiger partial charge on any atom is -0.449 e. The number of benzene rings is 2. The number of hydrogen-bond acceptors (Lipinski definition) is 4. The molecule has 1 heterocycles.